The number of hydrogen-bond acceptors (Lipinski definition) is 10. The Hall–Kier alpha value is -4.69. The van der Waals surface area contributed by atoms with Crippen LogP contribution in [0.25, 0.3) is 44.3 Å². The Morgan fingerprint density at radius 3 is 1.74 bits per heavy atom. The van der Waals surface area contributed by atoms with E-state index < -0.39 is 9.84 Å². The lowest BCUT2D eigenvalue weighted by Crippen LogP contribution is -2.31. The molecular formula is C35H35Cl2N7O5S. The summed E-state index contributed by atoms with van der Waals surface area (Å²) in [6.45, 7) is 4.11. The van der Waals surface area contributed by atoms with Gasteiger partial charge in [-0.25, -0.2) is 18.4 Å². The number of sulfone groups is 1. The van der Waals surface area contributed by atoms with E-state index in [1.54, 1.807) is 55.7 Å². The first kappa shape index (κ1) is 36.6. The molecule has 0 fully saturated rings. The first-order chi connectivity index (χ1) is 23.7. The van der Waals surface area contributed by atoms with E-state index in [0.29, 0.717) is 49.3 Å². The molecule has 6 aromatic rings. The second-order valence-corrected chi connectivity index (χ2v) is 14.5. The monoisotopic (exact) mass is 735 g/mol. The molecule has 0 saturated carbocycles. The van der Waals surface area contributed by atoms with Crippen molar-refractivity contribution in [3.63, 3.8) is 0 Å². The molecule has 15 heteroatoms. The molecule has 2 atom stereocenters. The molecule has 4 heterocycles. The summed E-state index contributed by atoms with van der Waals surface area (Å²) in [5, 5.41) is 14.7. The van der Waals surface area contributed by atoms with Crippen LogP contribution >= 0.6 is 23.2 Å². The number of aromatic nitrogens is 6. The average molecular weight is 737 g/mol. The van der Waals surface area contributed by atoms with E-state index in [9.17, 15) is 23.1 Å². The number of nitrogens with zero attached hydrogens (tertiary/aromatic N) is 6. The minimum absolute atomic E-state index is 0.0131. The predicted molar refractivity (Wildman–Crippen MR) is 198 cm³/mol. The second kappa shape index (κ2) is 15.1. The van der Waals surface area contributed by atoms with Crippen molar-refractivity contribution in [2.24, 2.45) is 20.0 Å². The van der Waals surface area contributed by atoms with Gasteiger partial charge in [-0.1, -0.05) is 79.9 Å². The van der Waals surface area contributed by atoms with Gasteiger partial charge < -0.3 is 10.4 Å². The Morgan fingerprint density at radius 2 is 1.28 bits per heavy atom. The molecule has 12 nitrogen and oxygen atoms in total. The fourth-order valence-corrected chi connectivity index (χ4v) is 6.26. The Balaban J connectivity index is 0.000000197. The number of fused-ring (bicyclic) bond motifs is 2. The largest absolute Gasteiger partial charge is 0.394 e. The van der Waals surface area contributed by atoms with Crippen LogP contribution in [-0.4, -0.2) is 61.5 Å². The summed E-state index contributed by atoms with van der Waals surface area (Å²) in [6.07, 6.45) is 5.00. The van der Waals surface area contributed by atoms with Gasteiger partial charge in [-0.3, -0.25) is 18.7 Å². The van der Waals surface area contributed by atoms with E-state index in [0.717, 1.165) is 18.1 Å². The van der Waals surface area contributed by atoms with E-state index >= 15 is 0 Å². The SMILES string of the molecule is CC[C@H](C)[C@@H](CO)Nc1ncc2cc(-c3ccccc3Cl)c(=O)n(C)c2n1.Cn1c(=O)c(-c2ccccc2Cl)cc2cnc(S(C)(=O)=O)nc21. The third-order valence-corrected chi connectivity index (χ3v) is 9.90. The van der Waals surface area contributed by atoms with Crippen LogP contribution in [0.2, 0.25) is 10.0 Å². The summed E-state index contributed by atoms with van der Waals surface area (Å²) < 4.78 is 25.9. The van der Waals surface area contributed by atoms with E-state index in [1.165, 1.54) is 22.4 Å². The quantitative estimate of drug-likeness (QED) is 0.190. The van der Waals surface area contributed by atoms with Crippen LogP contribution in [0.5, 0.6) is 0 Å². The molecule has 0 spiro atoms. The average Bonchev–Trinajstić information content (AvgIpc) is 3.10. The molecule has 4 aromatic heterocycles. The molecule has 0 aliphatic heterocycles. The third-order valence-electron chi connectivity index (χ3n) is 8.38. The number of aliphatic hydroxyl groups is 1. The van der Waals surface area contributed by atoms with Crippen molar-refractivity contribution >= 4 is 61.1 Å². The minimum Gasteiger partial charge on any atom is -0.394 e. The van der Waals surface area contributed by atoms with Gasteiger partial charge in [-0.15, -0.1) is 0 Å². The van der Waals surface area contributed by atoms with Gasteiger partial charge in [0.15, 0.2) is 0 Å². The van der Waals surface area contributed by atoms with Crippen molar-refractivity contribution in [2.45, 2.75) is 31.5 Å². The Kier molecular flexibility index (Phi) is 11.0. The standard InChI is InChI=1S/C20H23ClN4O2.C15H12ClN3O3S/c1-4-12(2)17(11-26)23-20-22-10-13-9-15(14-7-5-6-8-16(14)21)19(27)25(3)18(13)24-20;1-19-13-9(8-17-15(18-13)23(2,21)22)7-11(14(19)20)10-5-3-4-6-12(10)16/h5-10,12,17,26H,4,11H2,1-3H3,(H,22,23,24);3-8H,1-2H3/t12-,17+;/m0./s1. The summed E-state index contributed by atoms with van der Waals surface area (Å²) in [4.78, 5) is 42.2. The van der Waals surface area contributed by atoms with Crippen LogP contribution in [0.1, 0.15) is 20.3 Å². The zero-order chi connectivity index (χ0) is 36.3. The van der Waals surface area contributed by atoms with Crippen LogP contribution < -0.4 is 16.4 Å². The van der Waals surface area contributed by atoms with Crippen molar-refractivity contribution in [1.82, 2.24) is 29.1 Å². The first-order valence-electron chi connectivity index (χ1n) is 15.6. The fourth-order valence-electron chi connectivity index (χ4n) is 5.29. The molecule has 0 aliphatic rings. The highest BCUT2D eigenvalue weighted by Crippen LogP contribution is 2.28. The van der Waals surface area contributed by atoms with Crippen molar-refractivity contribution < 1.29 is 13.5 Å². The normalized spacial score (nSPS) is 12.7. The maximum Gasteiger partial charge on any atom is 0.259 e. The van der Waals surface area contributed by atoms with Crippen LogP contribution in [-0.2, 0) is 23.9 Å². The van der Waals surface area contributed by atoms with Crippen LogP contribution in [0.15, 0.2) is 87.8 Å². The van der Waals surface area contributed by atoms with Gasteiger partial charge in [-0.2, -0.15) is 9.97 Å². The van der Waals surface area contributed by atoms with Crippen LogP contribution in [0, 0.1) is 5.92 Å². The molecule has 6 rings (SSSR count). The molecule has 0 unspecified atom stereocenters. The smallest absolute Gasteiger partial charge is 0.259 e. The number of nitrogens with one attached hydrogen (secondary N) is 1. The van der Waals surface area contributed by atoms with Gasteiger partial charge in [0.2, 0.25) is 20.9 Å². The Bertz CT molecular complexity index is 2450. The van der Waals surface area contributed by atoms with Crippen LogP contribution in [0.4, 0.5) is 5.95 Å². The summed E-state index contributed by atoms with van der Waals surface area (Å²) in [5.74, 6) is 0.656. The van der Waals surface area contributed by atoms with Gasteiger partial charge >= 0.3 is 0 Å². The molecule has 260 valence electrons. The van der Waals surface area contributed by atoms with Gasteiger partial charge in [-0.05, 0) is 30.2 Å². The number of anilines is 1. The highest BCUT2D eigenvalue weighted by Gasteiger charge is 2.19. The summed E-state index contributed by atoms with van der Waals surface area (Å²) >= 11 is 12.4. The van der Waals surface area contributed by atoms with E-state index in [4.69, 9.17) is 23.2 Å². The molecule has 0 bridgehead atoms. The third kappa shape index (κ3) is 7.55. The number of halogens is 2. The fraction of sp³-hybridized carbons (Fsp3) is 0.257. The zero-order valence-corrected chi connectivity index (χ0v) is 30.3. The lowest BCUT2D eigenvalue weighted by molar-refractivity contribution is 0.240. The Labute approximate surface area is 298 Å². The van der Waals surface area contributed by atoms with Gasteiger partial charge in [0.1, 0.15) is 11.3 Å². The molecule has 0 amide bonds. The van der Waals surface area contributed by atoms with E-state index in [-0.39, 0.29) is 40.5 Å². The number of aryl methyl sites for hydroxylation is 2. The summed E-state index contributed by atoms with van der Waals surface area (Å²) in [7, 11) is -0.339. The highest BCUT2D eigenvalue weighted by molar-refractivity contribution is 7.90. The highest BCUT2D eigenvalue weighted by atomic mass is 35.5. The number of hydrogen-bond donors (Lipinski definition) is 2. The zero-order valence-electron chi connectivity index (χ0n) is 27.9. The predicted octanol–water partition coefficient (Wildman–Crippen LogP) is 5.52. The molecule has 0 aliphatic carbocycles. The lowest BCUT2D eigenvalue weighted by Gasteiger charge is -2.22. The number of aliphatic hydroxyl groups excluding tert-OH is 1. The maximum atomic E-state index is 12.9. The van der Waals surface area contributed by atoms with Gasteiger partial charge in [0.05, 0.1) is 12.6 Å². The molecule has 50 heavy (non-hydrogen) atoms. The molecule has 2 N–H and O–H groups in total. The topological polar surface area (TPSA) is 162 Å². The van der Waals surface area contributed by atoms with Crippen molar-refractivity contribution in [1.29, 1.82) is 0 Å². The van der Waals surface area contributed by atoms with E-state index in [1.807, 2.05) is 18.2 Å². The van der Waals surface area contributed by atoms with Crippen molar-refractivity contribution in [3.05, 3.63) is 104 Å². The minimum atomic E-state index is -3.55. The summed E-state index contributed by atoms with van der Waals surface area (Å²) in [6, 6.07) is 17.5. The number of pyridine rings is 2. The second-order valence-electron chi connectivity index (χ2n) is 11.8. The first-order valence-corrected chi connectivity index (χ1v) is 18.2. The molecule has 2 aromatic carbocycles. The molecule has 0 saturated heterocycles. The number of benzene rings is 2. The van der Waals surface area contributed by atoms with Gasteiger partial charge in [0, 0.05) is 75.8 Å². The lowest BCUT2D eigenvalue weighted by atomic mass is 10.0. The molecule has 0 radical (unpaired) electrons. The Morgan fingerprint density at radius 1 is 0.800 bits per heavy atom. The van der Waals surface area contributed by atoms with E-state index in [2.05, 4.69) is 39.1 Å². The molecular weight excluding hydrogens is 701 g/mol. The van der Waals surface area contributed by atoms with Crippen molar-refractivity contribution in [3.8, 4) is 22.3 Å². The van der Waals surface area contributed by atoms with Crippen molar-refractivity contribution in [2.75, 3.05) is 18.2 Å². The number of rotatable bonds is 8. The van der Waals surface area contributed by atoms with Crippen LogP contribution in [0.3, 0.4) is 0 Å². The maximum absolute atomic E-state index is 12.9. The van der Waals surface area contributed by atoms with Gasteiger partial charge in [0.25, 0.3) is 11.1 Å². The summed E-state index contributed by atoms with van der Waals surface area (Å²) in [5.41, 5.74) is 2.47.